The number of nitrogens with zero attached hydrogens (tertiary/aromatic N) is 3. The molecule has 2 aromatic rings. The monoisotopic (exact) mass is 355 g/mol. The molecule has 0 atom stereocenters. The third-order valence-corrected chi connectivity index (χ3v) is 4.61. The number of para-hydroxylation sites is 1. The van der Waals surface area contributed by atoms with Gasteiger partial charge in [0.2, 0.25) is 5.91 Å². The molecule has 0 unspecified atom stereocenters. The summed E-state index contributed by atoms with van der Waals surface area (Å²) in [5.41, 5.74) is -0.0662. The molecule has 26 heavy (non-hydrogen) atoms. The molecule has 0 aliphatic carbocycles. The van der Waals surface area contributed by atoms with E-state index in [0.717, 1.165) is 38.5 Å². The van der Waals surface area contributed by atoms with Crippen molar-refractivity contribution in [2.24, 2.45) is 0 Å². The Morgan fingerprint density at radius 3 is 2.38 bits per heavy atom. The van der Waals surface area contributed by atoms with E-state index in [1.807, 2.05) is 41.3 Å². The van der Waals surface area contributed by atoms with E-state index in [9.17, 15) is 9.59 Å². The minimum Gasteiger partial charge on any atom is -0.492 e. The third-order valence-electron chi connectivity index (χ3n) is 4.61. The van der Waals surface area contributed by atoms with Crippen molar-refractivity contribution >= 4 is 5.91 Å². The highest BCUT2D eigenvalue weighted by atomic mass is 16.5. The Hall–Kier alpha value is -2.60. The summed E-state index contributed by atoms with van der Waals surface area (Å²) in [4.78, 5) is 28.2. The highest BCUT2D eigenvalue weighted by molar-refractivity contribution is 5.76. The molecule has 6 heteroatoms. The molecule has 138 valence electrons. The number of piperazine rings is 1. The maximum atomic E-state index is 12.4. The molecule has 1 amide bonds. The van der Waals surface area contributed by atoms with Gasteiger partial charge < -0.3 is 14.2 Å². The average molecular weight is 355 g/mol. The molecule has 1 aliphatic rings. The lowest BCUT2D eigenvalue weighted by molar-refractivity contribution is -0.133. The number of carbonyl (C=O) groups is 1. The van der Waals surface area contributed by atoms with Crippen LogP contribution >= 0.6 is 0 Å². The van der Waals surface area contributed by atoms with E-state index in [4.69, 9.17) is 4.74 Å². The van der Waals surface area contributed by atoms with Gasteiger partial charge in [0, 0.05) is 58.0 Å². The van der Waals surface area contributed by atoms with Gasteiger partial charge in [-0.3, -0.25) is 14.5 Å². The first-order valence-electron chi connectivity index (χ1n) is 9.06. The van der Waals surface area contributed by atoms with Gasteiger partial charge in [-0.1, -0.05) is 24.3 Å². The lowest BCUT2D eigenvalue weighted by atomic mass is 10.2. The molecule has 6 nitrogen and oxygen atoms in total. The number of aryl methyl sites for hydroxylation is 1. The van der Waals surface area contributed by atoms with Gasteiger partial charge >= 0.3 is 0 Å². The molecule has 0 N–H and O–H groups in total. The number of rotatable bonds is 7. The summed E-state index contributed by atoms with van der Waals surface area (Å²) in [6, 6.07) is 14.8. The lowest BCUT2D eigenvalue weighted by Gasteiger charge is -2.34. The van der Waals surface area contributed by atoms with E-state index < -0.39 is 0 Å². The highest BCUT2D eigenvalue weighted by Crippen LogP contribution is 2.09. The van der Waals surface area contributed by atoms with Crippen LogP contribution < -0.4 is 10.3 Å². The first kappa shape index (κ1) is 18.2. The number of hydrogen-bond donors (Lipinski definition) is 0. The normalized spacial score (nSPS) is 15.0. The zero-order valence-corrected chi connectivity index (χ0v) is 14.9. The van der Waals surface area contributed by atoms with Crippen LogP contribution in [0.3, 0.4) is 0 Å². The molecular weight excluding hydrogens is 330 g/mol. The fourth-order valence-electron chi connectivity index (χ4n) is 3.05. The Kier molecular flexibility index (Phi) is 6.44. The van der Waals surface area contributed by atoms with Crippen molar-refractivity contribution in [3.63, 3.8) is 0 Å². The van der Waals surface area contributed by atoms with Gasteiger partial charge in [0.25, 0.3) is 5.56 Å². The smallest absolute Gasteiger partial charge is 0.250 e. The summed E-state index contributed by atoms with van der Waals surface area (Å²) in [5, 5.41) is 0. The van der Waals surface area contributed by atoms with Gasteiger partial charge in [0.15, 0.2) is 0 Å². The van der Waals surface area contributed by atoms with Crippen LogP contribution in [0.15, 0.2) is 59.5 Å². The maximum absolute atomic E-state index is 12.4. The van der Waals surface area contributed by atoms with Gasteiger partial charge in [0.1, 0.15) is 12.4 Å². The van der Waals surface area contributed by atoms with Crippen LogP contribution in [-0.4, -0.2) is 59.6 Å². The van der Waals surface area contributed by atoms with Crippen LogP contribution in [-0.2, 0) is 11.3 Å². The molecule has 0 radical (unpaired) electrons. The molecule has 1 aromatic carbocycles. The summed E-state index contributed by atoms with van der Waals surface area (Å²) >= 11 is 0. The fraction of sp³-hybridized carbons (Fsp3) is 0.400. The van der Waals surface area contributed by atoms with Gasteiger partial charge in [-0.15, -0.1) is 0 Å². The molecule has 2 heterocycles. The Labute approximate surface area is 153 Å². The Morgan fingerprint density at radius 2 is 1.65 bits per heavy atom. The second-order valence-electron chi connectivity index (χ2n) is 6.37. The highest BCUT2D eigenvalue weighted by Gasteiger charge is 2.20. The lowest BCUT2D eigenvalue weighted by Crippen LogP contribution is -2.49. The standard InChI is InChI=1S/C20H25N3O3/c24-19-8-4-5-10-22(19)11-9-20(25)23-14-12-21(13-15-23)16-17-26-18-6-2-1-3-7-18/h1-8,10H,9,11-17H2. The molecule has 1 aliphatic heterocycles. The van der Waals surface area contributed by atoms with E-state index in [-0.39, 0.29) is 11.5 Å². The maximum Gasteiger partial charge on any atom is 0.250 e. The topological polar surface area (TPSA) is 54.8 Å². The Morgan fingerprint density at radius 1 is 0.923 bits per heavy atom. The molecule has 1 saturated heterocycles. The van der Waals surface area contributed by atoms with E-state index in [1.165, 1.54) is 6.07 Å². The molecule has 3 rings (SSSR count). The predicted octanol–water partition coefficient (Wildman–Crippen LogP) is 1.46. The van der Waals surface area contributed by atoms with Gasteiger partial charge in [0.05, 0.1) is 0 Å². The molecule has 0 spiro atoms. The van der Waals surface area contributed by atoms with E-state index in [2.05, 4.69) is 4.90 Å². The molecule has 0 saturated carbocycles. The number of pyridine rings is 1. The van der Waals surface area contributed by atoms with Crippen molar-refractivity contribution in [1.82, 2.24) is 14.4 Å². The largest absolute Gasteiger partial charge is 0.492 e. The van der Waals surface area contributed by atoms with Crippen molar-refractivity contribution in [1.29, 1.82) is 0 Å². The van der Waals surface area contributed by atoms with Crippen molar-refractivity contribution in [2.45, 2.75) is 13.0 Å². The molecule has 1 fully saturated rings. The Bertz CT molecular complexity index is 752. The van der Waals surface area contributed by atoms with Gasteiger partial charge in [-0.2, -0.15) is 0 Å². The number of hydrogen-bond acceptors (Lipinski definition) is 4. The van der Waals surface area contributed by atoms with Crippen molar-refractivity contribution < 1.29 is 9.53 Å². The molecule has 0 bridgehead atoms. The van der Waals surface area contributed by atoms with Crippen LogP contribution in [0.1, 0.15) is 6.42 Å². The third kappa shape index (κ3) is 5.20. The Balaban J connectivity index is 1.36. The number of benzene rings is 1. The second-order valence-corrected chi connectivity index (χ2v) is 6.37. The average Bonchev–Trinajstić information content (AvgIpc) is 2.68. The van der Waals surface area contributed by atoms with E-state index in [1.54, 1.807) is 16.8 Å². The number of carbonyl (C=O) groups excluding carboxylic acids is 1. The predicted molar refractivity (Wildman–Crippen MR) is 100 cm³/mol. The van der Waals surface area contributed by atoms with Gasteiger partial charge in [-0.25, -0.2) is 0 Å². The fourth-order valence-corrected chi connectivity index (χ4v) is 3.05. The van der Waals surface area contributed by atoms with Crippen molar-refractivity contribution in [2.75, 3.05) is 39.3 Å². The first-order valence-corrected chi connectivity index (χ1v) is 9.06. The zero-order chi connectivity index (χ0) is 18.2. The number of ether oxygens (including phenoxy) is 1. The van der Waals surface area contributed by atoms with Crippen LogP contribution in [0.4, 0.5) is 0 Å². The van der Waals surface area contributed by atoms with Crippen LogP contribution in [0.5, 0.6) is 5.75 Å². The van der Waals surface area contributed by atoms with E-state index >= 15 is 0 Å². The number of aromatic nitrogens is 1. The second kappa shape index (κ2) is 9.20. The number of amides is 1. The summed E-state index contributed by atoms with van der Waals surface area (Å²) in [6.07, 6.45) is 2.08. The minimum atomic E-state index is -0.0662. The van der Waals surface area contributed by atoms with Crippen LogP contribution in [0.25, 0.3) is 0 Å². The quantitative estimate of drug-likeness (QED) is 0.755. The van der Waals surface area contributed by atoms with Crippen LogP contribution in [0, 0.1) is 0 Å². The summed E-state index contributed by atoms with van der Waals surface area (Å²) < 4.78 is 7.31. The minimum absolute atomic E-state index is 0.0662. The summed E-state index contributed by atoms with van der Waals surface area (Å²) in [6.45, 7) is 5.11. The molecule has 1 aromatic heterocycles. The van der Waals surface area contributed by atoms with Crippen LogP contribution in [0.2, 0.25) is 0 Å². The summed E-state index contributed by atoms with van der Waals surface area (Å²) in [5.74, 6) is 0.999. The van der Waals surface area contributed by atoms with Gasteiger partial charge in [-0.05, 0) is 18.2 Å². The van der Waals surface area contributed by atoms with Crippen molar-refractivity contribution in [3.05, 3.63) is 65.1 Å². The first-order chi connectivity index (χ1) is 12.7. The van der Waals surface area contributed by atoms with Crippen molar-refractivity contribution in [3.8, 4) is 5.75 Å². The molecular formula is C20H25N3O3. The van der Waals surface area contributed by atoms with E-state index in [0.29, 0.717) is 19.6 Å². The SMILES string of the molecule is O=C(CCn1ccccc1=O)N1CCN(CCOc2ccccc2)CC1. The zero-order valence-electron chi connectivity index (χ0n) is 14.9. The summed E-state index contributed by atoms with van der Waals surface area (Å²) in [7, 11) is 0.